The average Bonchev–Trinajstić information content (AvgIpc) is 4.35. The van der Waals surface area contributed by atoms with Gasteiger partial charge in [-0.15, -0.1) is 0 Å². The number of carbonyl (C=O) groups excluding carboxylic acids is 4. The Hall–Kier alpha value is -5.97. The summed E-state index contributed by atoms with van der Waals surface area (Å²) in [5.41, 5.74) is 4.65. The van der Waals surface area contributed by atoms with Crippen molar-refractivity contribution in [2.75, 3.05) is 110 Å². The molecule has 0 bridgehead atoms. The Morgan fingerprint density at radius 2 is 1.06 bits per heavy atom. The van der Waals surface area contributed by atoms with Gasteiger partial charge in [0.1, 0.15) is 23.3 Å². The molecular weight excluding hydrogens is 1260 g/mol. The van der Waals surface area contributed by atoms with E-state index in [4.69, 9.17) is 23.8 Å². The van der Waals surface area contributed by atoms with Crippen LogP contribution < -0.4 is 36.5 Å². The normalized spacial score (nSPS) is 19.9. The lowest BCUT2D eigenvalue weighted by molar-refractivity contribution is -0.144. The van der Waals surface area contributed by atoms with Crippen molar-refractivity contribution in [3.05, 3.63) is 75.4 Å². The molecule has 4 aromatic rings. The van der Waals surface area contributed by atoms with E-state index in [1.165, 1.54) is 9.80 Å². The number of halogens is 7. The van der Waals surface area contributed by atoms with Gasteiger partial charge in [-0.2, -0.15) is 26.3 Å². The van der Waals surface area contributed by atoms with Crippen molar-refractivity contribution in [1.82, 2.24) is 19.8 Å². The molecule has 0 radical (unpaired) electrons. The maximum atomic E-state index is 12.9. The van der Waals surface area contributed by atoms with Gasteiger partial charge in [0.25, 0.3) is 0 Å². The summed E-state index contributed by atoms with van der Waals surface area (Å²) in [6.45, 7) is 25.8. The van der Waals surface area contributed by atoms with Crippen LogP contribution in [0.1, 0.15) is 105 Å². The van der Waals surface area contributed by atoms with Crippen molar-refractivity contribution in [2.45, 2.75) is 143 Å². The number of nitrogens with one attached hydrogen (secondary N) is 4. The smallest absolute Gasteiger partial charge is 0.399 e. The molecule has 7 heterocycles. The SMILES string of the molecule is CCC(=O)[C@@H](C)Nc1cc(-c2cc(NC(=O)N3CC[C@@H](CC(F)(F)F)C3)ccc2C)cc(N2CCOCC2)n1.CCC(=O)[C@@H](C)Nc1cc(I)cc(N2CCOCC2)n1.Cc1ccc(NC(=O)N2CC[C@@H](CC(F)(F)F)C2)cc1B1OC(C)(C)C(C)(C)O1. The Labute approximate surface area is 526 Å². The molecule has 4 N–H and O–H groups in total. The van der Waals surface area contributed by atoms with Gasteiger partial charge in [-0.05, 0) is 173 Å². The number of pyridine rings is 2. The lowest BCUT2D eigenvalue weighted by atomic mass is 9.76. The molecule has 18 nitrogen and oxygen atoms in total. The van der Waals surface area contributed by atoms with E-state index in [1.54, 1.807) is 18.2 Å². The fourth-order valence-corrected chi connectivity index (χ4v) is 11.4. The largest absolute Gasteiger partial charge is 0.495 e. The number of aryl methyl sites for hydroxylation is 2. The highest BCUT2D eigenvalue weighted by atomic mass is 127. The molecule has 5 saturated heterocycles. The summed E-state index contributed by atoms with van der Waals surface area (Å²) in [7, 11) is -0.556. The minimum Gasteiger partial charge on any atom is -0.399 e. The zero-order valence-electron chi connectivity index (χ0n) is 52.0. The first-order valence-corrected chi connectivity index (χ1v) is 31.2. The Kier molecular flexibility index (Phi) is 23.9. The Balaban J connectivity index is 0.000000199. The second-order valence-corrected chi connectivity index (χ2v) is 25.3. The number of Topliss-reactive ketones (excluding diaryl/α,β-unsaturated/α-hetero) is 2. The Bertz CT molecular complexity index is 3040. The van der Waals surface area contributed by atoms with Crippen LogP contribution in [-0.2, 0) is 28.4 Å². The third kappa shape index (κ3) is 19.8. The number of aromatic nitrogens is 2. The number of amides is 4. The Morgan fingerprint density at radius 3 is 1.51 bits per heavy atom. The maximum Gasteiger partial charge on any atom is 0.495 e. The van der Waals surface area contributed by atoms with Crippen molar-refractivity contribution < 1.29 is 64.3 Å². The van der Waals surface area contributed by atoms with Crippen molar-refractivity contribution >= 4 is 93.4 Å². The number of rotatable bonds is 16. The summed E-state index contributed by atoms with van der Waals surface area (Å²) in [5, 5.41) is 12.1. The molecule has 88 heavy (non-hydrogen) atoms. The molecule has 0 spiro atoms. The first-order chi connectivity index (χ1) is 41.4. The van der Waals surface area contributed by atoms with E-state index in [-0.39, 0.29) is 30.7 Å². The highest BCUT2D eigenvalue weighted by Gasteiger charge is 2.52. The predicted octanol–water partition coefficient (Wildman–Crippen LogP) is 11.9. The second-order valence-electron chi connectivity index (χ2n) is 24.1. The first kappa shape index (κ1) is 69.5. The molecule has 5 aliphatic heterocycles. The number of hydrogen-bond acceptors (Lipinski definition) is 14. The molecule has 9 rings (SSSR count). The number of ether oxygens (including phenoxy) is 2. The molecule has 4 atom stereocenters. The van der Waals surface area contributed by atoms with Crippen molar-refractivity contribution in [2.24, 2.45) is 11.8 Å². The standard InChI is InChI=1S/C28H36F3N5O3.C20H28BF3N2O3.C14H20IN3O2/c1-4-24(37)19(3)32-25-13-21(14-26(34-25)35-9-11-39-12-10-35)23-15-22(6-5-18(23)2)33-27(38)36-8-7-20(17-36)16-28(29,30)31;1-13-6-7-15(10-16(13)21-28-18(2,3)19(4,5)29-21)25-17(27)26-9-8-14(12-26)11-20(22,23)24;1-3-12(19)10(2)16-13-8-11(15)9-14(17-13)18-4-6-20-7-5-18/h5-6,13-15,19-20H,4,7-12,16-17H2,1-3H3,(H,32,34)(H,33,38);6-7,10,14H,8-9,11-12H2,1-5H3,(H,25,27);8-10H,3-7H2,1-2H3,(H,16,17)/t19-,20+;14-;10-/m101/s1. The quantitative estimate of drug-likeness (QED) is 0.0470. The van der Waals surface area contributed by atoms with Crippen LogP contribution in [0.2, 0.25) is 0 Å². The molecule has 26 heteroatoms. The lowest BCUT2D eigenvalue weighted by Gasteiger charge is -2.32. The maximum absolute atomic E-state index is 12.9. The van der Waals surface area contributed by atoms with E-state index in [2.05, 4.69) is 64.7 Å². The van der Waals surface area contributed by atoms with Crippen LogP contribution in [0.4, 0.5) is 70.6 Å². The van der Waals surface area contributed by atoms with Crippen molar-refractivity contribution in [3.63, 3.8) is 0 Å². The minimum atomic E-state index is -4.23. The molecule has 0 aliphatic carbocycles. The summed E-state index contributed by atoms with van der Waals surface area (Å²) >= 11 is 2.28. The first-order valence-electron chi connectivity index (χ1n) is 30.2. The number of hydrogen-bond donors (Lipinski definition) is 4. The molecule has 5 fully saturated rings. The zero-order chi connectivity index (χ0) is 64.3. The summed E-state index contributed by atoms with van der Waals surface area (Å²) in [5.74, 6) is 2.19. The minimum absolute atomic E-state index is 0.0791. The number of anilines is 6. The van der Waals surface area contributed by atoms with Gasteiger partial charge in [0.2, 0.25) is 0 Å². The molecule has 482 valence electrons. The van der Waals surface area contributed by atoms with Crippen LogP contribution in [0.15, 0.2) is 60.7 Å². The fraction of sp³-hybridized carbons (Fsp3) is 0.581. The van der Waals surface area contributed by atoms with Crippen LogP contribution >= 0.6 is 22.6 Å². The lowest BCUT2D eigenvalue weighted by Crippen LogP contribution is -2.41. The summed E-state index contributed by atoms with van der Waals surface area (Å²) in [4.78, 5) is 65.9. The number of ketones is 2. The number of alkyl halides is 6. The van der Waals surface area contributed by atoms with Crippen LogP contribution in [0, 0.1) is 29.3 Å². The van der Waals surface area contributed by atoms with E-state index in [9.17, 15) is 45.5 Å². The van der Waals surface area contributed by atoms with E-state index < -0.39 is 73.5 Å². The van der Waals surface area contributed by atoms with E-state index in [0.29, 0.717) is 82.3 Å². The topological polar surface area (TPSA) is 192 Å². The number of nitrogens with zero attached hydrogens (tertiary/aromatic N) is 6. The number of urea groups is 2. The molecule has 0 saturated carbocycles. The second kappa shape index (κ2) is 30.2. The molecule has 0 unspecified atom stereocenters. The number of benzene rings is 2. The van der Waals surface area contributed by atoms with Crippen LogP contribution in [0.3, 0.4) is 0 Å². The van der Waals surface area contributed by atoms with Gasteiger partial charge >= 0.3 is 31.5 Å². The molecule has 2 aromatic heterocycles. The van der Waals surface area contributed by atoms with Crippen molar-refractivity contribution in [1.29, 1.82) is 0 Å². The molecule has 2 aromatic carbocycles. The Morgan fingerprint density at radius 1 is 0.625 bits per heavy atom. The summed E-state index contributed by atoms with van der Waals surface area (Å²) in [6.07, 6.45) is -8.52. The van der Waals surface area contributed by atoms with E-state index in [0.717, 1.165) is 75.0 Å². The van der Waals surface area contributed by atoms with Crippen LogP contribution in [0.5, 0.6) is 0 Å². The highest BCUT2D eigenvalue weighted by Crippen LogP contribution is 2.38. The molecular formula is C62H84BF6IN10O8. The van der Waals surface area contributed by atoms with Gasteiger partial charge in [-0.1, -0.05) is 31.5 Å². The van der Waals surface area contributed by atoms with Gasteiger partial charge in [0, 0.05) is 93.0 Å². The van der Waals surface area contributed by atoms with Gasteiger partial charge in [-0.3, -0.25) is 9.59 Å². The molecule has 5 aliphatic rings. The number of likely N-dealkylation sites (tertiary alicyclic amines) is 2. The number of morpholine rings is 2. The van der Waals surface area contributed by atoms with E-state index >= 15 is 0 Å². The highest BCUT2D eigenvalue weighted by molar-refractivity contribution is 14.1. The van der Waals surface area contributed by atoms with Crippen LogP contribution in [-0.4, -0.2) is 165 Å². The van der Waals surface area contributed by atoms with Gasteiger partial charge in [0.15, 0.2) is 11.6 Å². The third-order valence-electron chi connectivity index (χ3n) is 16.7. The van der Waals surface area contributed by atoms with Crippen molar-refractivity contribution in [3.8, 4) is 11.1 Å². The van der Waals surface area contributed by atoms with E-state index in [1.807, 2.05) is 106 Å². The van der Waals surface area contributed by atoms with Gasteiger partial charge in [-0.25, -0.2) is 19.6 Å². The zero-order valence-corrected chi connectivity index (χ0v) is 54.1. The number of carbonyl (C=O) groups is 4. The monoisotopic (exact) mass is 1350 g/mol. The van der Waals surface area contributed by atoms with Gasteiger partial charge in [0.05, 0.1) is 49.7 Å². The average molecular weight is 1350 g/mol. The molecule has 4 amide bonds. The van der Waals surface area contributed by atoms with Crippen LogP contribution in [0.25, 0.3) is 11.1 Å². The fourth-order valence-electron chi connectivity index (χ4n) is 10.8. The summed E-state index contributed by atoms with van der Waals surface area (Å²) in [6, 6.07) is 17.5. The summed E-state index contributed by atoms with van der Waals surface area (Å²) < 4.78 is 100. The predicted molar refractivity (Wildman–Crippen MR) is 340 cm³/mol. The van der Waals surface area contributed by atoms with Gasteiger partial charge < -0.3 is 59.6 Å². The third-order valence-corrected chi connectivity index (χ3v) is 17.3.